The van der Waals surface area contributed by atoms with E-state index in [0.717, 1.165) is 12.0 Å². The van der Waals surface area contributed by atoms with Crippen molar-refractivity contribution in [2.45, 2.75) is 38.5 Å². The molecule has 3 N–H and O–H groups in total. The molecule has 7 heteroatoms. The summed E-state index contributed by atoms with van der Waals surface area (Å²) in [6.07, 6.45) is 1.07. The molecule has 1 heterocycles. The lowest BCUT2D eigenvalue weighted by atomic mass is 10.1. The first kappa shape index (κ1) is 18.4. The van der Waals surface area contributed by atoms with Crippen molar-refractivity contribution >= 4 is 5.91 Å². The largest absolute Gasteiger partial charge is 0.493 e. The van der Waals surface area contributed by atoms with E-state index in [0.29, 0.717) is 43.4 Å². The summed E-state index contributed by atoms with van der Waals surface area (Å²) in [7, 11) is 3.14. The highest BCUT2D eigenvalue weighted by atomic mass is 16.5. The van der Waals surface area contributed by atoms with Crippen LogP contribution in [0.2, 0.25) is 0 Å². The Labute approximate surface area is 142 Å². The van der Waals surface area contributed by atoms with Gasteiger partial charge in [0.05, 0.1) is 26.9 Å². The molecule has 2 rings (SSSR count). The Balaban J connectivity index is 2.03. The summed E-state index contributed by atoms with van der Waals surface area (Å²) >= 11 is 0. The summed E-state index contributed by atoms with van der Waals surface area (Å²) in [5.74, 6) is 1.57. The number of carbonyl (C=O) groups is 1. The number of rotatable bonds is 8. The molecular weight excluding hydrogens is 312 g/mol. The van der Waals surface area contributed by atoms with E-state index in [1.165, 1.54) is 0 Å². The van der Waals surface area contributed by atoms with Crippen molar-refractivity contribution in [3.05, 3.63) is 17.7 Å². The molecule has 0 bridgehead atoms. The highest BCUT2D eigenvalue weighted by Gasteiger charge is 2.29. The van der Waals surface area contributed by atoms with Crippen LogP contribution in [0.4, 0.5) is 0 Å². The van der Waals surface area contributed by atoms with Gasteiger partial charge in [0.2, 0.25) is 11.7 Å². The third-order valence-corrected chi connectivity index (χ3v) is 3.94. The zero-order valence-corrected chi connectivity index (χ0v) is 14.5. The van der Waals surface area contributed by atoms with Gasteiger partial charge in [0.1, 0.15) is 6.10 Å². The van der Waals surface area contributed by atoms with Gasteiger partial charge in [0, 0.05) is 13.1 Å². The van der Waals surface area contributed by atoms with E-state index in [4.69, 9.17) is 24.7 Å². The van der Waals surface area contributed by atoms with Gasteiger partial charge >= 0.3 is 0 Å². The van der Waals surface area contributed by atoms with Gasteiger partial charge in [-0.1, -0.05) is 0 Å². The highest BCUT2D eigenvalue weighted by Crippen LogP contribution is 2.38. The standard InChI is InChI=1S/C17H26N2O5/c1-4-23-16-14(21-2)7-11(8-15(16)22-3)10-19-17(20)13-6-5-12(9-18)24-13/h7-8,12-13H,4-6,9-10,18H2,1-3H3,(H,19,20)/t12-,13+/m1/s1. The molecule has 0 aromatic heterocycles. The second kappa shape index (κ2) is 8.75. The van der Waals surface area contributed by atoms with Crippen LogP contribution in [0.1, 0.15) is 25.3 Å². The van der Waals surface area contributed by atoms with Gasteiger partial charge in [-0.3, -0.25) is 4.79 Å². The minimum Gasteiger partial charge on any atom is -0.493 e. The van der Waals surface area contributed by atoms with Crippen LogP contribution in [0, 0.1) is 0 Å². The van der Waals surface area contributed by atoms with Gasteiger partial charge in [-0.2, -0.15) is 0 Å². The number of ether oxygens (including phenoxy) is 4. The molecule has 1 aliphatic heterocycles. The van der Waals surface area contributed by atoms with Gasteiger partial charge in [-0.15, -0.1) is 0 Å². The molecule has 0 radical (unpaired) electrons. The van der Waals surface area contributed by atoms with Gasteiger partial charge in [-0.25, -0.2) is 0 Å². The SMILES string of the molecule is CCOc1c(OC)cc(CNC(=O)[C@@H]2CC[C@H](CN)O2)cc1OC. The average molecular weight is 338 g/mol. The fourth-order valence-corrected chi connectivity index (χ4v) is 2.70. The van der Waals surface area contributed by atoms with Crippen molar-refractivity contribution < 1.29 is 23.7 Å². The van der Waals surface area contributed by atoms with Crippen LogP contribution >= 0.6 is 0 Å². The number of hydrogen-bond acceptors (Lipinski definition) is 6. The maximum atomic E-state index is 12.2. The predicted octanol–water partition coefficient (Wildman–Crippen LogP) is 1.23. The molecule has 1 aromatic rings. The predicted molar refractivity (Wildman–Crippen MR) is 89.5 cm³/mol. The van der Waals surface area contributed by atoms with Crippen molar-refractivity contribution in [3.8, 4) is 17.2 Å². The molecule has 7 nitrogen and oxygen atoms in total. The lowest BCUT2D eigenvalue weighted by Crippen LogP contribution is -2.35. The molecule has 1 saturated heterocycles. The third-order valence-electron chi connectivity index (χ3n) is 3.94. The van der Waals surface area contributed by atoms with Crippen molar-refractivity contribution in [3.63, 3.8) is 0 Å². The smallest absolute Gasteiger partial charge is 0.249 e. The molecule has 0 aliphatic carbocycles. The second-order valence-electron chi connectivity index (χ2n) is 5.54. The van der Waals surface area contributed by atoms with E-state index in [1.807, 2.05) is 19.1 Å². The van der Waals surface area contributed by atoms with E-state index in [9.17, 15) is 4.79 Å². The minimum absolute atomic E-state index is 0.0218. The monoisotopic (exact) mass is 338 g/mol. The highest BCUT2D eigenvalue weighted by molar-refractivity contribution is 5.81. The molecule has 2 atom stereocenters. The Kier molecular flexibility index (Phi) is 6.69. The first-order valence-electron chi connectivity index (χ1n) is 8.13. The van der Waals surface area contributed by atoms with Crippen LogP contribution in [-0.4, -0.2) is 45.5 Å². The lowest BCUT2D eigenvalue weighted by molar-refractivity contribution is -0.132. The lowest BCUT2D eigenvalue weighted by Gasteiger charge is -2.16. The first-order chi connectivity index (χ1) is 11.6. The van der Waals surface area contributed by atoms with Crippen molar-refractivity contribution in [1.82, 2.24) is 5.32 Å². The van der Waals surface area contributed by atoms with E-state index in [1.54, 1.807) is 14.2 Å². The summed E-state index contributed by atoms with van der Waals surface area (Å²) in [6, 6.07) is 3.65. The normalized spacial score (nSPS) is 19.8. The second-order valence-corrected chi connectivity index (χ2v) is 5.54. The number of carbonyl (C=O) groups excluding carboxylic acids is 1. The molecule has 1 amide bonds. The average Bonchev–Trinajstić information content (AvgIpc) is 3.09. The van der Waals surface area contributed by atoms with E-state index in [2.05, 4.69) is 5.32 Å². The molecule has 1 fully saturated rings. The molecule has 0 unspecified atom stereocenters. The summed E-state index contributed by atoms with van der Waals surface area (Å²) in [5, 5.41) is 2.88. The molecule has 0 saturated carbocycles. The molecule has 1 aliphatic rings. The van der Waals surface area contributed by atoms with Crippen LogP contribution in [0.15, 0.2) is 12.1 Å². The van der Waals surface area contributed by atoms with Crippen LogP contribution in [-0.2, 0) is 16.1 Å². The minimum atomic E-state index is -0.426. The van der Waals surface area contributed by atoms with Crippen molar-refractivity contribution in [1.29, 1.82) is 0 Å². The fraction of sp³-hybridized carbons (Fsp3) is 0.588. The summed E-state index contributed by atoms with van der Waals surface area (Å²) < 4.78 is 21.9. The number of hydrogen-bond donors (Lipinski definition) is 2. The number of benzene rings is 1. The zero-order chi connectivity index (χ0) is 17.5. The van der Waals surface area contributed by atoms with Crippen LogP contribution < -0.4 is 25.3 Å². The molecule has 24 heavy (non-hydrogen) atoms. The van der Waals surface area contributed by atoms with Crippen molar-refractivity contribution in [2.24, 2.45) is 5.73 Å². The Hall–Kier alpha value is -1.99. The van der Waals surface area contributed by atoms with Gasteiger partial charge < -0.3 is 30.0 Å². The Bertz CT molecular complexity index is 539. The number of nitrogens with one attached hydrogen (secondary N) is 1. The quantitative estimate of drug-likeness (QED) is 0.741. The molecule has 0 spiro atoms. The van der Waals surface area contributed by atoms with Crippen LogP contribution in [0.3, 0.4) is 0 Å². The fourth-order valence-electron chi connectivity index (χ4n) is 2.70. The molecule has 134 valence electrons. The third kappa shape index (κ3) is 4.30. The van der Waals surface area contributed by atoms with Crippen LogP contribution in [0.5, 0.6) is 17.2 Å². The van der Waals surface area contributed by atoms with Crippen molar-refractivity contribution in [2.75, 3.05) is 27.4 Å². The summed E-state index contributed by atoms with van der Waals surface area (Å²) in [4.78, 5) is 12.2. The summed E-state index contributed by atoms with van der Waals surface area (Å²) in [6.45, 7) is 3.19. The van der Waals surface area contributed by atoms with E-state index < -0.39 is 6.10 Å². The van der Waals surface area contributed by atoms with Gasteiger partial charge in [-0.05, 0) is 37.5 Å². The number of methoxy groups -OCH3 is 2. The van der Waals surface area contributed by atoms with Gasteiger partial charge in [0.15, 0.2) is 11.5 Å². The first-order valence-corrected chi connectivity index (χ1v) is 8.13. The molecule has 1 aromatic carbocycles. The topological polar surface area (TPSA) is 92.0 Å². The maximum Gasteiger partial charge on any atom is 0.249 e. The zero-order valence-electron chi connectivity index (χ0n) is 14.5. The summed E-state index contributed by atoms with van der Waals surface area (Å²) in [5.41, 5.74) is 6.42. The molecular formula is C17H26N2O5. The Morgan fingerprint density at radius 3 is 2.46 bits per heavy atom. The maximum absolute atomic E-state index is 12.2. The Morgan fingerprint density at radius 1 is 1.29 bits per heavy atom. The van der Waals surface area contributed by atoms with Gasteiger partial charge in [0.25, 0.3) is 0 Å². The van der Waals surface area contributed by atoms with E-state index in [-0.39, 0.29) is 12.0 Å². The van der Waals surface area contributed by atoms with E-state index >= 15 is 0 Å². The van der Waals surface area contributed by atoms with Crippen LogP contribution in [0.25, 0.3) is 0 Å². The number of amides is 1. The number of nitrogens with two attached hydrogens (primary N) is 1. The Morgan fingerprint density at radius 2 is 1.96 bits per heavy atom.